The first-order valence-electron chi connectivity index (χ1n) is 12.9. The molecule has 4 rings (SSSR count). The SMILES string of the molecule is CCC(C)CN(CC(=O)N1CCc2sccc2C1COc1ccc(Cl)c(C)c1)C(=O)c1ccc(C)cc1. The Morgan fingerprint density at radius 1 is 1.16 bits per heavy atom. The van der Waals surface area contributed by atoms with E-state index in [0.29, 0.717) is 36.2 Å². The molecule has 0 aliphatic carbocycles. The number of benzene rings is 2. The van der Waals surface area contributed by atoms with Crippen LogP contribution in [0.25, 0.3) is 0 Å². The van der Waals surface area contributed by atoms with Gasteiger partial charge in [0.15, 0.2) is 0 Å². The normalized spacial score (nSPS) is 15.7. The molecule has 196 valence electrons. The summed E-state index contributed by atoms with van der Waals surface area (Å²) in [4.78, 5) is 32.1. The van der Waals surface area contributed by atoms with Crippen LogP contribution in [-0.4, -0.2) is 47.9 Å². The predicted molar refractivity (Wildman–Crippen MR) is 151 cm³/mol. The van der Waals surface area contributed by atoms with Crippen LogP contribution in [0.5, 0.6) is 5.75 Å². The molecular weight excluding hydrogens is 504 g/mol. The molecule has 2 aromatic carbocycles. The van der Waals surface area contributed by atoms with Crippen molar-refractivity contribution in [2.75, 3.05) is 26.2 Å². The van der Waals surface area contributed by atoms with Gasteiger partial charge in [0.1, 0.15) is 18.9 Å². The Bertz CT molecular complexity index is 1240. The molecule has 5 nitrogen and oxygen atoms in total. The second-order valence-electron chi connectivity index (χ2n) is 9.94. The third-order valence-electron chi connectivity index (χ3n) is 7.09. The van der Waals surface area contributed by atoms with E-state index in [-0.39, 0.29) is 24.4 Å². The fraction of sp³-hybridized carbons (Fsp3) is 0.400. The molecule has 1 aliphatic rings. The molecule has 0 N–H and O–H groups in total. The maximum Gasteiger partial charge on any atom is 0.254 e. The molecule has 0 radical (unpaired) electrons. The van der Waals surface area contributed by atoms with Crippen molar-refractivity contribution in [1.82, 2.24) is 9.80 Å². The van der Waals surface area contributed by atoms with E-state index in [0.717, 1.165) is 35.3 Å². The maximum atomic E-state index is 13.8. The van der Waals surface area contributed by atoms with Gasteiger partial charge in [0.2, 0.25) is 5.91 Å². The van der Waals surface area contributed by atoms with Crippen molar-refractivity contribution < 1.29 is 14.3 Å². The molecule has 0 saturated carbocycles. The van der Waals surface area contributed by atoms with Gasteiger partial charge in [0.05, 0.1) is 6.04 Å². The summed E-state index contributed by atoms with van der Waals surface area (Å²) in [6.45, 7) is 9.70. The van der Waals surface area contributed by atoms with Crippen molar-refractivity contribution in [2.24, 2.45) is 5.92 Å². The lowest BCUT2D eigenvalue weighted by Gasteiger charge is -2.37. The summed E-state index contributed by atoms with van der Waals surface area (Å²) in [5.74, 6) is 0.858. The first-order chi connectivity index (χ1) is 17.8. The van der Waals surface area contributed by atoms with Gasteiger partial charge in [0.25, 0.3) is 5.91 Å². The van der Waals surface area contributed by atoms with E-state index in [1.807, 2.05) is 61.2 Å². The predicted octanol–water partition coefficient (Wildman–Crippen LogP) is 6.71. The van der Waals surface area contributed by atoms with E-state index < -0.39 is 0 Å². The fourth-order valence-corrected chi connectivity index (χ4v) is 5.66. The van der Waals surface area contributed by atoms with Gasteiger partial charge in [-0.3, -0.25) is 9.59 Å². The number of rotatable bonds is 9. The van der Waals surface area contributed by atoms with Crippen molar-refractivity contribution in [3.8, 4) is 5.75 Å². The highest BCUT2D eigenvalue weighted by Gasteiger charge is 2.34. The van der Waals surface area contributed by atoms with E-state index in [1.54, 1.807) is 16.2 Å². The van der Waals surface area contributed by atoms with E-state index in [1.165, 1.54) is 4.88 Å². The lowest BCUT2D eigenvalue weighted by atomic mass is 10.00. The number of carbonyl (C=O) groups excluding carboxylic acids is 2. The molecule has 3 aromatic rings. The van der Waals surface area contributed by atoms with Crippen LogP contribution in [0.2, 0.25) is 5.02 Å². The monoisotopic (exact) mass is 538 g/mol. The molecule has 2 heterocycles. The smallest absolute Gasteiger partial charge is 0.254 e. The third kappa shape index (κ3) is 6.55. The highest BCUT2D eigenvalue weighted by Crippen LogP contribution is 2.34. The first kappa shape index (κ1) is 27.2. The quantitative estimate of drug-likeness (QED) is 0.304. The second-order valence-corrected chi connectivity index (χ2v) is 11.3. The molecule has 1 aromatic heterocycles. The van der Waals surface area contributed by atoms with E-state index in [4.69, 9.17) is 16.3 Å². The zero-order chi connectivity index (χ0) is 26.5. The van der Waals surface area contributed by atoms with Gasteiger partial charge in [-0.2, -0.15) is 0 Å². The Kier molecular flexibility index (Phi) is 8.93. The number of fused-ring (bicyclic) bond motifs is 1. The number of nitrogens with zero attached hydrogens (tertiary/aromatic N) is 2. The van der Waals surface area contributed by atoms with Gasteiger partial charge in [0, 0.05) is 28.6 Å². The molecule has 0 bridgehead atoms. The summed E-state index contributed by atoms with van der Waals surface area (Å²) in [6.07, 6.45) is 1.75. The Morgan fingerprint density at radius 2 is 1.92 bits per heavy atom. The van der Waals surface area contributed by atoms with Crippen LogP contribution >= 0.6 is 22.9 Å². The summed E-state index contributed by atoms with van der Waals surface area (Å²) < 4.78 is 6.17. The largest absolute Gasteiger partial charge is 0.491 e. The molecule has 2 atom stereocenters. The lowest BCUT2D eigenvalue weighted by molar-refractivity contribution is -0.135. The fourth-order valence-electron chi connectivity index (χ4n) is 4.61. The van der Waals surface area contributed by atoms with Crippen LogP contribution in [0.4, 0.5) is 0 Å². The first-order valence-corrected chi connectivity index (χ1v) is 14.1. The van der Waals surface area contributed by atoms with Gasteiger partial charge in [-0.15, -0.1) is 11.3 Å². The summed E-state index contributed by atoms with van der Waals surface area (Å²) in [5, 5.41) is 2.77. The Balaban J connectivity index is 1.54. The number of thiophene rings is 1. The minimum atomic E-state index is -0.210. The number of carbonyl (C=O) groups is 2. The summed E-state index contributed by atoms with van der Waals surface area (Å²) >= 11 is 7.90. The molecular formula is C30H35ClN2O3S. The molecule has 0 fully saturated rings. The van der Waals surface area contributed by atoms with Crippen molar-refractivity contribution in [1.29, 1.82) is 0 Å². The number of amides is 2. The lowest BCUT2D eigenvalue weighted by Crippen LogP contribution is -2.48. The summed E-state index contributed by atoms with van der Waals surface area (Å²) in [7, 11) is 0. The zero-order valence-corrected chi connectivity index (χ0v) is 23.6. The van der Waals surface area contributed by atoms with Crippen LogP contribution in [0, 0.1) is 19.8 Å². The summed E-state index contributed by atoms with van der Waals surface area (Å²) in [6, 6.07) is 15.0. The van der Waals surface area contributed by atoms with Crippen molar-refractivity contribution in [3.63, 3.8) is 0 Å². The molecule has 2 amide bonds. The van der Waals surface area contributed by atoms with E-state index in [2.05, 4.69) is 25.3 Å². The molecule has 2 unspecified atom stereocenters. The van der Waals surface area contributed by atoms with Crippen LogP contribution < -0.4 is 4.74 Å². The molecule has 0 saturated heterocycles. The van der Waals surface area contributed by atoms with Crippen molar-refractivity contribution in [2.45, 2.75) is 46.6 Å². The van der Waals surface area contributed by atoms with Gasteiger partial charge in [-0.05, 0) is 79.1 Å². The Labute approximate surface area is 229 Å². The summed E-state index contributed by atoms with van der Waals surface area (Å²) in [5.41, 5.74) is 3.79. The number of ether oxygens (including phenoxy) is 1. The topological polar surface area (TPSA) is 49.9 Å². The number of aryl methyl sites for hydroxylation is 2. The standard InChI is InChI=1S/C30H35ClN2O3S/c1-5-20(2)17-32(30(35)23-8-6-21(3)7-9-23)18-29(34)33-14-12-28-25(13-15-37-28)27(33)19-36-24-10-11-26(31)22(4)16-24/h6-11,13,15-16,20,27H,5,12,14,17-19H2,1-4H3. The average molecular weight is 539 g/mol. The van der Waals surface area contributed by atoms with Crippen LogP contribution in [-0.2, 0) is 11.2 Å². The number of hydrogen-bond acceptors (Lipinski definition) is 4. The second kappa shape index (κ2) is 12.1. The van der Waals surface area contributed by atoms with E-state index >= 15 is 0 Å². The maximum absolute atomic E-state index is 13.8. The molecule has 0 spiro atoms. The van der Waals surface area contributed by atoms with E-state index in [9.17, 15) is 9.59 Å². The molecule has 7 heteroatoms. The highest BCUT2D eigenvalue weighted by molar-refractivity contribution is 7.10. The highest BCUT2D eigenvalue weighted by atomic mass is 35.5. The van der Waals surface area contributed by atoms with Gasteiger partial charge in [-0.1, -0.05) is 49.6 Å². The van der Waals surface area contributed by atoms with Crippen LogP contribution in [0.3, 0.4) is 0 Å². The third-order valence-corrected chi connectivity index (χ3v) is 8.51. The van der Waals surface area contributed by atoms with Gasteiger partial charge < -0.3 is 14.5 Å². The molecule has 37 heavy (non-hydrogen) atoms. The number of hydrogen-bond donors (Lipinski definition) is 0. The Morgan fingerprint density at radius 3 is 2.62 bits per heavy atom. The van der Waals surface area contributed by atoms with Crippen molar-refractivity contribution >= 4 is 34.8 Å². The van der Waals surface area contributed by atoms with Gasteiger partial charge >= 0.3 is 0 Å². The van der Waals surface area contributed by atoms with Crippen LogP contribution in [0.1, 0.15) is 58.2 Å². The van der Waals surface area contributed by atoms with Gasteiger partial charge in [-0.25, -0.2) is 0 Å². The zero-order valence-electron chi connectivity index (χ0n) is 22.0. The minimum Gasteiger partial charge on any atom is -0.491 e. The minimum absolute atomic E-state index is 0.0487. The van der Waals surface area contributed by atoms with Crippen molar-refractivity contribution in [3.05, 3.63) is 86.1 Å². The van der Waals surface area contributed by atoms with Crippen LogP contribution in [0.15, 0.2) is 53.9 Å². The average Bonchev–Trinajstić information content (AvgIpc) is 3.38. The Hall–Kier alpha value is -2.83. The molecule has 1 aliphatic heterocycles. The number of halogens is 1.